The molecule has 4 nitrogen and oxygen atoms in total. The first-order valence-electron chi connectivity index (χ1n) is 4.85. The molecular formula is C11H14O4. The highest BCUT2D eigenvalue weighted by Crippen LogP contribution is 2.21. The van der Waals surface area contributed by atoms with Crippen molar-refractivity contribution in [1.29, 1.82) is 0 Å². The zero-order chi connectivity index (χ0) is 11.4. The van der Waals surface area contributed by atoms with E-state index in [0.29, 0.717) is 12.2 Å². The summed E-state index contributed by atoms with van der Waals surface area (Å²) in [6.07, 6.45) is 3.00. The summed E-state index contributed by atoms with van der Waals surface area (Å²) >= 11 is 0. The van der Waals surface area contributed by atoms with Crippen LogP contribution in [0.5, 0.6) is 0 Å². The summed E-state index contributed by atoms with van der Waals surface area (Å²) in [6, 6.07) is 0. The van der Waals surface area contributed by atoms with Gasteiger partial charge in [-0.05, 0) is 25.5 Å². The van der Waals surface area contributed by atoms with Gasteiger partial charge >= 0.3 is 5.97 Å². The summed E-state index contributed by atoms with van der Waals surface area (Å²) in [5.41, 5.74) is 0.677. The molecule has 0 amide bonds. The number of Topliss-reactive ketones (excluding diaryl/α,β-unsaturated/α-hetero) is 1. The van der Waals surface area contributed by atoms with Crippen molar-refractivity contribution in [3.8, 4) is 0 Å². The third-order valence-corrected chi connectivity index (χ3v) is 2.30. The lowest BCUT2D eigenvalue weighted by molar-refractivity contribution is -0.146. The number of hydrogen-bond acceptors (Lipinski definition) is 4. The average molecular weight is 210 g/mol. The van der Waals surface area contributed by atoms with Gasteiger partial charge in [-0.1, -0.05) is 6.08 Å². The van der Waals surface area contributed by atoms with Crippen molar-refractivity contribution in [2.24, 2.45) is 5.92 Å². The van der Waals surface area contributed by atoms with Gasteiger partial charge < -0.3 is 9.84 Å². The summed E-state index contributed by atoms with van der Waals surface area (Å²) in [4.78, 5) is 22.6. The van der Waals surface area contributed by atoms with Crippen LogP contribution in [0, 0.1) is 5.92 Å². The quantitative estimate of drug-likeness (QED) is 0.717. The average Bonchev–Trinajstić information content (AvgIpc) is 2.21. The second-order valence-electron chi connectivity index (χ2n) is 3.37. The molecule has 0 aliphatic heterocycles. The fraction of sp³-hybridized carbons (Fsp3) is 0.455. The minimum atomic E-state index is -0.432. The molecule has 15 heavy (non-hydrogen) atoms. The monoisotopic (exact) mass is 210 g/mol. The number of ether oxygens (including phenoxy) is 1. The van der Waals surface area contributed by atoms with Crippen molar-refractivity contribution in [2.75, 3.05) is 6.61 Å². The summed E-state index contributed by atoms with van der Waals surface area (Å²) in [5, 5.41) is 9.07. The zero-order valence-corrected chi connectivity index (χ0v) is 8.82. The van der Waals surface area contributed by atoms with Crippen LogP contribution in [0.4, 0.5) is 0 Å². The fourth-order valence-electron chi connectivity index (χ4n) is 1.33. The van der Waals surface area contributed by atoms with Crippen LogP contribution in [0.1, 0.15) is 20.3 Å². The maximum atomic E-state index is 11.4. The van der Waals surface area contributed by atoms with E-state index in [1.807, 2.05) is 0 Å². The van der Waals surface area contributed by atoms with Crippen LogP contribution in [0.15, 0.2) is 23.5 Å². The smallest absolute Gasteiger partial charge is 0.312 e. The van der Waals surface area contributed by atoms with Gasteiger partial charge in [0.25, 0.3) is 0 Å². The van der Waals surface area contributed by atoms with Gasteiger partial charge in [-0.2, -0.15) is 0 Å². The number of allylic oxidation sites excluding steroid dienone is 3. The Bertz CT molecular complexity index is 338. The standard InChI is InChI=1S/C11H14O4/c1-3-15-11(14)7(2)8-4-5-9(12)10(13)6-8/h4-5,7,12H,3,6H2,1-2H3. The normalized spacial score (nSPS) is 17.9. The molecule has 4 heteroatoms. The SMILES string of the molecule is CCOC(=O)C(C)C1=CC=C(O)C(=O)C1. The largest absolute Gasteiger partial charge is 0.504 e. The van der Waals surface area contributed by atoms with Gasteiger partial charge in [0.1, 0.15) is 0 Å². The highest BCUT2D eigenvalue weighted by Gasteiger charge is 2.24. The lowest BCUT2D eigenvalue weighted by atomic mass is 9.92. The molecule has 1 aliphatic rings. The van der Waals surface area contributed by atoms with E-state index < -0.39 is 5.92 Å². The van der Waals surface area contributed by atoms with Gasteiger partial charge in [-0.15, -0.1) is 0 Å². The zero-order valence-electron chi connectivity index (χ0n) is 8.82. The number of hydrogen-bond donors (Lipinski definition) is 1. The van der Waals surface area contributed by atoms with Crippen molar-refractivity contribution in [3.63, 3.8) is 0 Å². The van der Waals surface area contributed by atoms with Gasteiger partial charge in [0.2, 0.25) is 5.78 Å². The molecule has 1 atom stereocenters. The lowest BCUT2D eigenvalue weighted by Gasteiger charge is -2.16. The van der Waals surface area contributed by atoms with Crippen LogP contribution in [0.2, 0.25) is 0 Å². The number of ketones is 1. The van der Waals surface area contributed by atoms with E-state index in [2.05, 4.69) is 0 Å². The van der Waals surface area contributed by atoms with Gasteiger partial charge in [0, 0.05) is 6.42 Å². The van der Waals surface area contributed by atoms with E-state index in [1.54, 1.807) is 19.9 Å². The van der Waals surface area contributed by atoms with Gasteiger partial charge in [0.05, 0.1) is 12.5 Å². The molecule has 1 aliphatic carbocycles. The Morgan fingerprint density at radius 1 is 1.60 bits per heavy atom. The van der Waals surface area contributed by atoms with E-state index in [9.17, 15) is 9.59 Å². The van der Waals surface area contributed by atoms with Crippen molar-refractivity contribution in [3.05, 3.63) is 23.5 Å². The van der Waals surface area contributed by atoms with E-state index in [4.69, 9.17) is 9.84 Å². The van der Waals surface area contributed by atoms with E-state index in [1.165, 1.54) is 6.08 Å². The Morgan fingerprint density at radius 3 is 2.80 bits per heavy atom. The van der Waals surface area contributed by atoms with Gasteiger partial charge in [-0.3, -0.25) is 9.59 Å². The van der Waals surface area contributed by atoms with Crippen molar-refractivity contribution >= 4 is 11.8 Å². The lowest BCUT2D eigenvalue weighted by Crippen LogP contribution is -2.20. The molecule has 1 rings (SSSR count). The van der Waals surface area contributed by atoms with Crippen molar-refractivity contribution < 1.29 is 19.4 Å². The molecule has 1 unspecified atom stereocenters. The Balaban J connectivity index is 2.73. The maximum absolute atomic E-state index is 11.4. The Morgan fingerprint density at radius 2 is 2.27 bits per heavy atom. The molecule has 0 saturated heterocycles. The Labute approximate surface area is 88.2 Å². The highest BCUT2D eigenvalue weighted by atomic mass is 16.5. The first kappa shape index (κ1) is 11.5. The Kier molecular flexibility index (Phi) is 3.66. The highest BCUT2D eigenvalue weighted by molar-refractivity contribution is 5.97. The number of aliphatic hydroxyl groups excluding tert-OH is 1. The summed E-state index contributed by atoms with van der Waals surface area (Å²) < 4.78 is 4.84. The molecule has 0 aromatic heterocycles. The predicted octanol–water partition coefficient (Wildman–Crippen LogP) is 1.53. The predicted molar refractivity (Wildman–Crippen MR) is 54.2 cm³/mol. The fourth-order valence-corrected chi connectivity index (χ4v) is 1.33. The topological polar surface area (TPSA) is 63.6 Å². The molecule has 0 heterocycles. The van der Waals surface area contributed by atoms with Crippen LogP contribution in [0.25, 0.3) is 0 Å². The van der Waals surface area contributed by atoms with Crippen LogP contribution < -0.4 is 0 Å². The van der Waals surface area contributed by atoms with E-state index in [0.717, 1.165) is 0 Å². The summed E-state index contributed by atoms with van der Waals surface area (Å²) in [5.74, 6) is -1.39. The third kappa shape index (κ3) is 2.68. The van der Waals surface area contributed by atoms with Crippen molar-refractivity contribution in [2.45, 2.75) is 20.3 Å². The second-order valence-corrected chi connectivity index (χ2v) is 3.37. The summed E-state index contributed by atoms with van der Waals surface area (Å²) in [6.45, 7) is 3.75. The van der Waals surface area contributed by atoms with Crippen LogP contribution in [-0.4, -0.2) is 23.5 Å². The third-order valence-electron chi connectivity index (χ3n) is 2.30. The van der Waals surface area contributed by atoms with Crippen LogP contribution in [0.3, 0.4) is 0 Å². The first-order chi connectivity index (χ1) is 7.06. The molecule has 0 aromatic carbocycles. The van der Waals surface area contributed by atoms with E-state index >= 15 is 0 Å². The number of carbonyl (C=O) groups is 2. The number of esters is 1. The molecule has 82 valence electrons. The van der Waals surface area contributed by atoms with Gasteiger partial charge in [-0.25, -0.2) is 0 Å². The molecule has 0 aromatic rings. The first-order valence-corrected chi connectivity index (χ1v) is 4.85. The Hall–Kier alpha value is -1.58. The molecular weight excluding hydrogens is 196 g/mol. The minimum absolute atomic E-state index is 0.0856. The number of carbonyl (C=O) groups excluding carboxylic acids is 2. The number of aliphatic hydroxyl groups is 1. The number of rotatable bonds is 3. The van der Waals surface area contributed by atoms with Crippen LogP contribution in [-0.2, 0) is 14.3 Å². The molecule has 0 fully saturated rings. The van der Waals surface area contributed by atoms with E-state index in [-0.39, 0.29) is 23.9 Å². The van der Waals surface area contributed by atoms with Crippen molar-refractivity contribution in [1.82, 2.24) is 0 Å². The second kappa shape index (κ2) is 4.77. The molecule has 0 radical (unpaired) electrons. The molecule has 0 bridgehead atoms. The molecule has 0 saturated carbocycles. The maximum Gasteiger partial charge on any atom is 0.312 e. The molecule has 0 spiro atoms. The van der Waals surface area contributed by atoms with Gasteiger partial charge in [0.15, 0.2) is 5.76 Å². The molecule has 1 N–H and O–H groups in total. The van der Waals surface area contributed by atoms with Crippen LogP contribution >= 0.6 is 0 Å². The minimum Gasteiger partial charge on any atom is -0.504 e. The summed E-state index contributed by atoms with van der Waals surface area (Å²) in [7, 11) is 0.